The summed E-state index contributed by atoms with van der Waals surface area (Å²) in [7, 11) is 0. The Hall–Kier alpha value is -1.95. The third kappa shape index (κ3) is 2.26. The Labute approximate surface area is 103 Å². The van der Waals surface area contributed by atoms with Crippen LogP contribution in [0.1, 0.15) is 6.92 Å². The van der Waals surface area contributed by atoms with E-state index in [1.165, 1.54) is 6.33 Å². The van der Waals surface area contributed by atoms with Gasteiger partial charge in [0.05, 0.1) is 17.2 Å². The third-order valence-corrected chi connectivity index (χ3v) is 2.54. The molecule has 0 radical (unpaired) electrons. The number of nitrogens with two attached hydrogens (primary N) is 1. The van der Waals surface area contributed by atoms with E-state index in [0.29, 0.717) is 17.4 Å². The first kappa shape index (κ1) is 11.5. The lowest BCUT2D eigenvalue weighted by Crippen LogP contribution is -2.20. The van der Waals surface area contributed by atoms with Crippen LogP contribution < -0.4 is 16.6 Å². The van der Waals surface area contributed by atoms with Crippen molar-refractivity contribution in [2.24, 2.45) is 5.73 Å². The number of aromatic nitrogens is 2. The van der Waals surface area contributed by atoms with Crippen molar-refractivity contribution in [3.63, 3.8) is 0 Å². The average molecular weight is 248 g/mol. The van der Waals surface area contributed by atoms with Gasteiger partial charge in [-0.2, -0.15) is 0 Å². The maximum atomic E-state index is 11.9. The normalized spacial score (nSPS) is 10.4. The molecule has 3 N–H and O–H groups in total. The Morgan fingerprint density at radius 3 is 3.00 bits per heavy atom. The molecule has 1 heterocycles. The number of benzene rings is 1. The number of nitrogens with zero attached hydrogens (tertiary/aromatic N) is 2. The number of nitrogens with one attached hydrogen (secondary N) is 1. The van der Waals surface area contributed by atoms with Gasteiger partial charge in [0.25, 0.3) is 5.56 Å². The van der Waals surface area contributed by atoms with Crippen LogP contribution in [0.2, 0.25) is 0 Å². The van der Waals surface area contributed by atoms with E-state index in [4.69, 9.17) is 18.0 Å². The molecule has 0 spiro atoms. The van der Waals surface area contributed by atoms with Crippen molar-refractivity contribution in [1.29, 1.82) is 0 Å². The number of thiocarbonyl (C=S) groups is 1. The van der Waals surface area contributed by atoms with Crippen LogP contribution in [0.3, 0.4) is 0 Å². The first-order chi connectivity index (χ1) is 8.11. The molecule has 0 amide bonds. The topological polar surface area (TPSA) is 72.9 Å². The minimum atomic E-state index is -0.0422. The number of hydrogen-bond acceptors (Lipinski definition) is 3. The highest BCUT2D eigenvalue weighted by atomic mass is 32.1. The van der Waals surface area contributed by atoms with E-state index in [1.54, 1.807) is 22.8 Å². The molecule has 0 bridgehead atoms. The van der Waals surface area contributed by atoms with Gasteiger partial charge < -0.3 is 11.1 Å². The van der Waals surface area contributed by atoms with Gasteiger partial charge in [-0.1, -0.05) is 0 Å². The standard InChI is InChI=1S/C11H12N4OS/c1-2-15-6-13-9-5-7(14-11(12)17)3-4-8(9)10(15)16/h3-6H,2H2,1H3,(H3,12,14,17). The van der Waals surface area contributed by atoms with Gasteiger partial charge in [-0.05, 0) is 37.3 Å². The summed E-state index contributed by atoms with van der Waals surface area (Å²) in [4.78, 5) is 16.2. The van der Waals surface area contributed by atoms with Gasteiger partial charge in [-0.3, -0.25) is 9.36 Å². The summed E-state index contributed by atoms with van der Waals surface area (Å²) in [5.74, 6) is 0. The minimum Gasteiger partial charge on any atom is -0.376 e. The first-order valence-corrected chi connectivity index (χ1v) is 5.58. The van der Waals surface area contributed by atoms with E-state index >= 15 is 0 Å². The van der Waals surface area contributed by atoms with Gasteiger partial charge >= 0.3 is 0 Å². The van der Waals surface area contributed by atoms with E-state index in [9.17, 15) is 4.79 Å². The van der Waals surface area contributed by atoms with Gasteiger partial charge in [0.15, 0.2) is 5.11 Å². The fraction of sp³-hybridized carbons (Fsp3) is 0.182. The molecule has 2 aromatic rings. The molecule has 17 heavy (non-hydrogen) atoms. The predicted molar refractivity (Wildman–Crippen MR) is 72.1 cm³/mol. The van der Waals surface area contributed by atoms with Crippen molar-refractivity contribution in [3.8, 4) is 0 Å². The molecule has 88 valence electrons. The van der Waals surface area contributed by atoms with Crippen molar-refractivity contribution >= 4 is 33.9 Å². The molecule has 5 nitrogen and oxygen atoms in total. The van der Waals surface area contributed by atoms with Crippen LogP contribution in [0.5, 0.6) is 0 Å². The SMILES string of the molecule is CCn1cnc2cc(NC(N)=S)ccc2c1=O. The Morgan fingerprint density at radius 2 is 2.35 bits per heavy atom. The van der Waals surface area contributed by atoms with Crippen LogP contribution in [0.4, 0.5) is 5.69 Å². The number of rotatable bonds is 2. The monoisotopic (exact) mass is 248 g/mol. The lowest BCUT2D eigenvalue weighted by Gasteiger charge is -2.06. The second kappa shape index (κ2) is 4.50. The van der Waals surface area contributed by atoms with Gasteiger partial charge in [0.1, 0.15) is 0 Å². The van der Waals surface area contributed by atoms with E-state index in [1.807, 2.05) is 6.92 Å². The lowest BCUT2D eigenvalue weighted by atomic mass is 10.2. The van der Waals surface area contributed by atoms with Crippen molar-refractivity contribution < 1.29 is 0 Å². The zero-order valence-corrected chi connectivity index (χ0v) is 10.1. The number of anilines is 1. The third-order valence-electron chi connectivity index (χ3n) is 2.43. The Kier molecular flexibility index (Phi) is 3.06. The van der Waals surface area contributed by atoms with Crippen LogP contribution in [0, 0.1) is 0 Å². The van der Waals surface area contributed by atoms with Crippen molar-refractivity contribution in [2.45, 2.75) is 13.5 Å². The summed E-state index contributed by atoms with van der Waals surface area (Å²) in [5, 5.41) is 3.58. The highest BCUT2D eigenvalue weighted by molar-refractivity contribution is 7.80. The molecular formula is C11H12N4OS. The van der Waals surface area contributed by atoms with Gasteiger partial charge in [0, 0.05) is 12.2 Å². The predicted octanol–water partition coefficient (Wildman–Crippen LogP) is 1.07. The Bertz CT molecular complexity index is 635. The summed E-state index contributed by atoms with van der Waals surface area (Å²) in [5.41, 5.74) is 6.69. The summed E-state index contributed by atoms with van der Waals surface area (Å²) < 4.78 is 1.56. The molecule has 0 unspecified atom stereocenters. The summed E-state index contributed by atoms with van der Waals surface area (Å²) >= 11 is 4.75. The van der Waals surface area contributed by atoms with Crippen LogP contribution in [-0.4, -0.2) is 14.7 Å². The minimum absolute atomic E-state index is 0.0422. The van der Waals surface area contributed by atoms with Crippen LogP contribution in [0.25, 0.3) is 10.9 Å². The zero-order valence-electron chi connectivity index (χ0n) is 9.30. The molecule has 0 saturated heterocycles. The van der Waals surface area contributed by atoms with Gasteiger partial charge in [0.2, 0.25) is 0 Å². The maximum absolute atomic E-state index is 11.9. The molecule has 0 aliphatic carbocycles. The van der Waals surface area contributed by atoms with E-state index in [0.717, 1.165) is 5.69 Å². The molecule has 1 aromatic carbocycles. The van der Waals surface area contributed by atoms with E-state index < -0.39 is 0 Å². The summed E-state index contributed by atoms with van der Waals surface area (Å²) in [6.45, 7) is 2.51. The average Bonchev–Trinajstić information content (AvgIpc) is 2.28. The van der Waals surface area contributed by atoms with Crippen molar-refractivity contribution in [1.82, 2.24) is 9.55 Å². The Balaban J connectivity index is 2.57. The molecule has 1 aromatic heterocycles. The van der Waals surface area contributed by atoms with Gasteiger partial charge in [-0.15, -0.1) is 0 Å². The van der Waals surface area contributed by atoms with Crippen molar-refractivity contribution in [2.75, 3.05) is 5.32 Å². The van der Waals surface area contributed by atoms with Crippen LogP contribution in [-0.2, 0) is 6.54 Å². The zero-order chi connectivity index (χ0) is 12.4. The molecule has 2 rings (SSSR count). The number of hydrogen-bond donors (Lipinski definition) is 2. The van der Waals surface area contributed by atoms with Crippen LogP contribution in [0.15, 0.2) is 29.3 Å². The number of aryl methyl sites for hydroxylation is 1. The smallest absolute Gasteiger partial charge is 0.261 e. The highest BCUT2D eigenvalue weighted by Gasteiger charge is 2.04. The lowest BCUT2D eigenvalue weighted by molar-refractivity contribution is 0.717. The fourth-order valence-electron chi connectivity index (χ4n) is 1.60. The van der Waals surface area contributed by atoms with Gasteiger partial charge in [-0.25, -0.2) is 4.98 Å². The molecule has 0 saturated carbocycles. The quantitative estimate of drug-likeness (QED) is 0.778. The second-order valence-corrected chi connectivity index (χ2v) is 4.00. The molecule has 0 aliphatic heterocycles. The second-order valence-electron chi connectivity index (χ2n) is 3.56. The van der Waals surface area contributed by atoms with Crippen molar-refractivity contribution in [3.05, 3.63) is 34.9 Å². The molecule has 0 atom stereocenters. The van der Waals surface area contributed by atoms with Crippen LogP contribution >= 0.6 is 12.2 Å². The molecule has 0 fully saturated rings. The molecular weight excluding hydrogens is 236 g/mol. The highest BCUT2D eigenvalue weighted by Crippen LogP contribution is 2.14. The first-order valence-electron chi connectivity index (χ1n) is 5.17. The summed E-state index contributed by atoms with van der Waals surface area (Å²) in [6.07, 6.45) is 1.54. The molecule has 6 heteroatoms. The Morgan fingerprint density at radius 1 is 1.59 bits per heavy atom. The summed E-state index contributed by atoms with van der Waals surface area (Å²) in [6, 6.07) is 5.22. The maximum Gasteiger partial charge on any atom is 0.261 e. The fourth-order valence-corrected chi connectivity index (χ4v) is 1.72. The number of fused-ring (bicyclic) bond motifs is 1. The largest absolute Gasteiger partial charge is 0.376 e. The van der Waals surface area contributed by atoms with E-state index in [2.05, 4.69) is 10.3 Å². The molecule has 0 aliphatic rings. The van der Waals surface area contributed by atoms with E-state index in [-0.39, 0.29) is 10.7 Å².